The second kappa shape index (κ2) is 8.27. The maximum atomic E-state index is 13.1. The summed E-state index contributed by atoms with van der Waals surface area (Å²) in [7, 11) is 1.74. The summed E-state index contributed by atoms with van der Waals surface area (Å²) in [5, 5.41) is 6.50. The molecule has 0 aliphatic heterocycles. The fraction of sp³-hybridized carbons (Fsp3) is 0.333. The smallest absolute Gasteiger partial charge is 0.191 e. The van der Waals surface area contributed by atoms with Crippen LogP contribution in [0, 0.1) is 19.7 Å². The highest BCUT2D eigenvalue weighted by atomic mass is 19.1. The van der Waals surface area contributed by atoms with Crippen LogP contribution in [0.1, 0.15) is 22.5 Å². The van der Waals surface area contributed by atoms with Gasteiger partial charge in [0.15, 0.2) is 5.96 Å². The van der Waals surface area contributed by atoms with Gasteiger partial charge in [0.05, 0.1) is 12.2 Å². The predicted octanol–water partition coefficient (Wildman–Crippen LogP) is 2.75. The van der Waals surface area contributed by atoms with Gasteiger partial charge in [0.1, 0.15) is 5.82 Å². The number of benzene rings is 1. The van der Waals surface area contributed by atoms with Gasteiger partial charge in [-0.15, -0.1) is 0 Å². The van der Waals surface area contributed by atoms with Crippen LogP contribution in [0.25, 0.3) is 0 Å². The van der Waals surface area contributed by atoms with Crippen molar-refractivity contribution in [2.24, 2.45) is 4.99 Å². The van der Waals surface area contributed by atoms with Gasteiger partial charge >= 0.3 is 0 Å². The van der Waals surface area contributed by atoms with Crippen LogP contribution in [0.5, 0.6) is 0 Å². The Morgan fingerprint density at radius 3 is 2.70 bits per heavy atom. The molecule has 2 aromatic rings. The topological polar surface area (TPSA) is 49.3 Å². The van der Waals surface area contributed by atoms with Crippen LogP contribution in [-0.2, 0) is 13.0 Å². The van der Waals surface area contributed by atoms with Gasteiger partial charge < -0.3 is 10.6 Å². The van der Waals surface area contributed by atoms with E-state index in [0.717, 1.165) is 41.4 Å². The standard InChI is InChI=1S/C18H23FN4/c1-13-11-16(19)8-7-15(13)9-10-21-18(20-3)22-12-17-6-4-5-14(2)23-17/h4-8,11H,9-10,12H2,1-3H3,(H2,20,21,22). The third-order valence-corrected chi connectivity index (χ3v) is 3.60. The number of nitrogens with zero attached hydrogens (tertiary/aromatic N) is 2. The van der Waals surface area contributed by atoms with E-state index in [1.807, 2.05) is 38.1 Å². The molecule has 0 aliphatic rings. The summed E-state index contributed by atoms with van der Waals surface area (Å²) >= 11 is 0. The monoisotopic (exact) mass is 314 g/mol. The molecule has 1 aromatic carbocycles. The SMILES string of the molecule is CN=C(NCCc1ccc(F)cc1C)NCc1cccc(C)n1. The van der Waals surface area contributed by atoms with Gasteiger partial charge in [0.25, 0.3) is 0 Å². The summed E-state index contributed by atoms with van der Waals surface area (Å²) in [6, 6.07) is 10.8. The number of aryl methyl sites for hydroxylation is 2. The minimum absolute atomic E-state index is 0.192. The molecule has 5 heteroatoms. The van der Waals surface area contributed by atoms with Crippen LogP contribution in [0.4, 0.5) is 4.39 Å². The first-order valence-corrected chi connectivity index (χ1v) is 7.70. The van der Waals surface area contributed by atoms with Crippen molar-refractivity contribution >= 4 is 5.96 Å². The Bertz CT molecular complexity index is 682. The van der Waals surface area contributed by atoms with Crippen molar-refractivity contribution in [2.75, 3.05) is 13.6 Å². The number of aromatic nitrogens is 1. The third kappa shape index (κ3) is 5.36. The van der Waals surface area contributed by atoms with E-state index in [1.165, 1.54) is 6.07 Å². The van der Waals surface area contributed by atoms with Gasteiger partial charge in [-0.2, -0.15) is 0 Å². The van der Waals surface area contributed by atoms with E-state index >= 15 is 0 Å². The molecular weight excluding hydrogens is 291 g/mol. The molecule has 0 atom stereocenters. The van der Waals surface area contributed by atoms with E-state index in [0.29, 0.717) is 6.54 Å². The summed E-state index contributed by atoms with van der Waals surface area (Å²) in [5.74, 6) is 0.537. The summed E-state index contributed by atoms with van der Waals surface area (Å²) in [6.45, 7) is 5.25. The molecule has 23 heavy (non-hydrogen) atoms. The third-order valence-electron chi connectivity index (χ3n) is 3.60. The first-order valence-electron chi connectivity index (χ1n) is 7.70. The van der Waals surface area contributed by atoms with Crippen molar-refractivity contribution in [3.8, 4) is 0 Å². The maximum absolute atomic E-state index is 13.1. The highest BCUT2D eigenvalue weighted by molar-refractivity contribution is 5.79. The van der Waals surface area contributed by atoms with Crippen molar-refractivity contribution in [2.45, 2.75) is 26.8 Å². The molecular formula is C18H23FN4. The van der Waals surface area contributed by atoms with Crippen molar-refractivity contribution in [3.05, 3.63) is 64.7 Å². The van der Waals surface area contributed by atoms with Gasteiger partial charge in [-0.25, -0.2) is 4.39 Å². The van der Waals surface area contributed by atoms with Crippen LogP contribution in [0.2, 0.25) is 0 Å². The Morgan fingerprint density at radius 1 is 1.17 bits per heavy atom. The summed E-state index contributed by atoms with van der Waals surface area (Å²) in [6.07, 6.45) is 0.815. The quantitative estimate of drug-likeness (QED) is 0.659. The number of guanidine groups is 1. The minimum Gasteiger partial charge on any atom is -0.356 e. The van der Waals surface area contributed by atoms with Crippen LogP contribution in [-0.4, -0.2) is 24.5 Å². The zero-order valence-electron chi connectivity index (χ0n) is 13.9. The van der Waals surface area contributed by atoms with Crippen molar-refractivity contribution in [1.29, 1.82) is 0 Å². The second-order valence-corrected chi connectivity index (χ2v) is 5.44. The van der Waals surface area contributed by atoms with Gasteiger partial charge in [0.2, 0.25) is 0 Å². The number of rotatable bonds is 5. The van der Waals surface area contributed by atoms with Crippen LogP contribution in [0.3, 0.4) is 0 Å². The number of aliphatic imine (C=N–C) groups is 1. The first kappa shape index (κ1) is 16.9. The zero-order chi connectivity index (χ0) is 16.7. The lowest BCUT2D eigenvalue weighted by Crippen LogP contribution is -2.38. The van der Waals surface area contributed by atoms with E-state index in [9.17, 15) is 4.39 Å². The molecule has 2 N–H and O–H groups in total. The largest absolute Gasteiger partial charge is 0.356 e. The molecule has 0 aliphatic carbocycles. The Morgan fingerprint density at radius 2 is 2.00 bits per heavy atom. The number of hydrogen-bond acceptors (Lipinski definition) is 2. The van der Waals surface area contributed by atoms with Crippen molar-refractivity contribution < 1.29 is 4.39 Å². The molecule has 1 aromatic heterocycles. The molecule has 0 spiro atoms. The van der Waals surface area contributed by atoms with Gasteiger partial charge in [-0.05, 0) is 55.7 Å². The summed E-state index contributed by atoms with van der Waals surface area (Å²) in [5.41, 5.74) is 4.08. The molecule has 0 unspecified atom stereocenters. The fourth-order valence-electron chi connectivity index (χ4n) is 2.35. The lowest BCUT2D eigenvalue weighted by molar-refractivity contribution is 0.625. The van der Waals surface area contributed by atoms with Crippen LogP contribution < -0.4 is 10.6 Å². The highest BCUT2D eigenvalue weighted by Gasteiger charge is 2.02. The Balaban J connectivity index is 1.81. The van der Waals surface area contributed by atoms with Crippen molar-refractivity contribution in [1.82, 2.24) is 15.6 Å². The Kier molecular flexibility index (Phi) is 6.09. The minimum atomic E-state index is -0.192. The number of halogens is 1. The molecule has 4 nitrogen and oxygen atoms in total. The van der Waals surface area contributed by atoms with Crippen molar-refractivity contribution in [3.63, 3.8) is 0 Å². The number of hydrogen-bond donors (Lipinski definition) is 2. The van der Waals surface area contributed by atoms with E-state index in [2.05, 4.69) is 20.6 Å². The first-order chi connectivity index (χ1) is 11.1. The average molecular weight is 314 g/mol. The molecule has 0 radical (unpaired) electrons. The average Bonchev–Trinajstić information content (AvgIpc) is 2.52. The fourth-order valence-corrected chi connectivity index (χ4v) is 2.35. The molecule has 0 fully saturated rings. The molecule has 122 valence electrons. The zero-order valence-corrected chi connectivity index (χ0v) is 13.9. The maximum Gasteiger partial charge on any atom is 0.191 e. The van der Waals surface area contributed by atoms with E-state index in [4.69, 9.17) is 0 Å². The van der Waals surface area contributed by atoms with E-state index in [1.54, 1.807) is 13.1 Å². The molecule has 0 saturated carbocycles. The van der Waals surface area contributed by atoms with Gasteiger partial charge in [-0.1, -0.05) is 12.1 Å². The lowest BCUT2D eigenvalue weighted by atomic mass is 10.1. The predicted molar refractivity (Wildman–Crippen MR) is 92.0 cm³/mol. The van der Waals surface area contributed by atoms with Crippen LogP contribution in [0.15, 0.2) is 41.4 Å². The van der Waals surface area contributed by atoms with Gasteiger partial charge in [0, 0.05) is 19.3 Å². The second-order valence-electron chi connectivity index (χ2n) is 5.44. The molecule has 0 saturated heterocycles. The summed E-state index contributed by atoms with van der Waals surface area (Å²) < 4.78 is 13.1. The van der Waals surface area contributed by atoms with Gasteiger partial charge in [-0.3, -0.25) is 9.98 Å². The Labute approximate surface area is 136 Å². The molecule has 2 rings (SSSR count). The number of pyridine rings is 1. The molecule has 0 bridgehead atoms. The molecule has 1 heterocycles. The number of nitrogens with one attached hydrogen (secondary N) is 2. The Hall–Kier alpha value is -2.43. The highest BCUT2D eigenvalue weighted by Crippen LogP contribution is 2.10. The summed E-state index contributed by atoms with van der Waals surface area (Å²) in [4.78, 5) is 8.65. The normalized spacial score (nSPS) is 11.4. The van der Waals surface area contributed by atoms with Crippen LogP contribution >= 0.6 is 0 Å². The van der Waals surface area contributed by atoms with E-state index < -0.39 is 0 Å². The lowest BCUT2D eigenvalue weighted by Gasteiger charge is -2.12. The van der Waals surface area contributed by atoms with E-state index in [-0.39, 0.29) is 5.82 Å². The molecule has 0 amide bonds.